The van der Waals surface area contributed by atoms with Crippen LogP contribution in [0.3, 0.4) is 0 Å². The van der Waals surface area contributed by atoms with Crippen LogP contribution in [-0.2, 0) is 25.5 Å². The second-order valence-corrected chi connectivity index (χ2v) is 8.21. The van der Waals surface area contributed by atoms with Crippen molar-refractivity contribution >= 4 is 6.08 Å². The number of ether oxygens (including phenoxy) is 4. The monoisotopic (exact) mass is 450 g/mol. The van der Waals surface area contributed by atoms with Gasteiger partial charge in [-0.25, -0.2) is 4.57 Å². The fourth-order valence-electron chi connectivity index (χ4n) is 3.43. The third-order valence-corrected chi connectivity index (χ3v) is 5.37. The van der Waals surface area contributed by atoms with Crippen molar-refractivity contribution in [2.45, 2.75) is 77.7 Å². The van der Waals surface area contributed by atoms with Gasteiger partial charge in [-0.1, -0.05) is 77.4 Å². The van der Waals surface area contributed by atoms with E-state index in [4.69, 9.17) is 18.9 Å². The van der Waals surface area contributed by atoms with E-state index >= 15 is 0 Å². The van der Waals surface area contributed by atoms with Gasteiger partial charge in [0.1, 0.15) is 6.61 Å². The first-order valence-electron chi connectivity index (χ1n) is 12.8. The molecule has 1 rings (SSSR count). The van der Waals surface area contributed by atoms with Crippen molar-refractivity contribution in [2.75, 3.05) is 52.9 Å². The minimum Gasteiger partial charge on any atom is -0.379 e. The molecule has 0 aliphatic heterocycles. The molecule has 1 aromatic heterocycles. The summed E-state index contributed by atoms with van der Waals surface area (Å²) in [7, 11) is 0. The normalized spacial score (nSPS) is 11.2. The van der Waals surface area contributed by atoms with Gasteiger partial charge in [-0.15, -0.1) is 0 Å². The quantitative estimate of drug-likeness (QED) is 0.152. The number of hydrogen-bond acceptors (Lipinski definition) is 4. The Bertz CT molecular complexity index is 538. The van der Waals surface area contributed by atoms with Crippen LogP contribution >= 0.6 is 0 Å². The summed E-state index contributed by atoms with van der Waals surface area (Å²) in [4.78, 5) is 0. The van der Waals surface area contributed by atoms with Gasteiger partial charge in [0.2, 0.25) is 0 Å². The number of rotatable bonds is 24. The molecule has 0 unspecified atom stereocenters. The molecular weight excluding hydrogens is 402 g/mol. The van der Waals surface area contributed by atoms with Crippen molar-refractivity contribution in [3.8, 4) is 0 Å². The Balaban J connectivity index is 1.71. The van der Waals surface area contributed by atoms with Crippen LogP contribution < -0.4 is 4.57 Å². The summed E-state index contributed by atoms with van der Waals surface area (Å²) in [5.41, 5.74) is 1.11. The van der Waals surface area contributed by atoms with Gasteiger partial charge in [-0.2, -0.15) is 0 Å². The molecule has 0 spiro atoms. The Labute approximate surface area is 197 Å². The van der Waals surface area contributed by atoms with Gasteiger partial charge in [0.25, 0.3) is 0 Å². The van der Waals surface area contributed by atoms with E-state index in [0.29, 0.717) is 46.2 Å². The molecule has 0 radical (unpaired) electrons. The molecule has 0 fully saturated rings. The summed E-state index contributed by atoms with van der Waals surface area (Å²) in [6.45, 7) is 12.1. The molecule has 1 aromatic rings. The molecule has 32 heavy (non-hydrogen) atoms. The summed E-state index contributed by atoms with van der Waals surface area (Å²) < 4.78 is 24.4. The predicted molar refractivity (Wildman–Crippen MR) is 132 cm³/mol. The van der Waals surface area contributed by atoms with Crippen molar-refractivity contribution in [1.29, 1.82) is 0 Å². The van der Waals surface area contributed by atoms with Gasteiger partial charge in [-0.05, 0) is 12.5 Å². The van der Waals surface area contributed by atoms with E-state index in [-0.39, 0.29) is 0 Å². The third kappa shape index (κ3) is 18.3. The summed E-state index contributed by atoms with van der Waals surface area (Å²) in [6, 6.07) is 4.05. The van der Waals surface area contributed by atoms with Crippen LogP contribution in [0.5, 0.6) is 0 Å². The molecule has 0 atom stereocenters. The van der Waals surface area contributed by atoms with Gasteiger partial charge >= 0.3 is 0 Å². The molecule has 1 heterocycles. The van der Waals surface area contributed by atoms with Gasteiger partial charge in [0.05, 0.1) is 39.6 Å². The highest BCUT2D eigenvalue weighted by atomic mass is 16.6. The molecule has 0 aliphatic rings. The zero-order valence-corrected chi connectivity index (χ0v) is 20.6. The summed E-state index contributed by atoms with van der Waals surface area (Å²) in [6.07, 6.45) is 19.5. The molecule has 5 nitrogen and oxygen atoms in total. The van der Waals surface area contributed by atoms with Crippen molar-refractivity contribution in [1.82, 2.24) is 0 Å². The summed E-state index contributed by atoms with van der Waals surface area (Å²) in [5.74, 6) is 0. The lowest BCUT2D eigenvalue weighted by Gasteiger charge is -2.07. The molecule has 5 heteroatoms. The Morgan fingerprint density at radius 1 is 0.688 bits per heavy atom. The maximum atomic E-state index is 5.64. The molecule has 0 aliphatic carbocycles. The Morgan fingerprint density at radius 3 is 1.75 bits per heavy atom. The van der Waals surface area contributed by atoms with E-state index in [1.54, 1.807) is 0 Å². The van der Waals surface area contributed by atoms with Gasteiger partial charge in [0.15, 0.2) is 18.9 Å². The highest BCUT2D eigenvalue weighted by molar-refractivity contribution is 5.43. The molecule has 184 valence electrons. The van der Waals surface area contributed by atoms with Crippen LogP contribution in [0.1, 0.15) is 76.7 Å². The Morgan fingerprint density at radius 2 is 1.19 bits per heavy atom. The maximum absolute atomic E-state index is 5.64. The van der Waals surface area contributed by atoms with Crippen LogP contribution in [0.25, 0.3) is 6.08 Å². The lowest BCUT2D eigenvalue weighted by atomic mass is 10.1. The minimum atomic E-state index is 0.593. The zero-order valence-electron chi connectivity index (χ0n) is 20.6. The van der Waals surface area contributed by atoms with Crippen molar-refractivity contribution < 1.29 is 23.5 Å². The van der Waals surface area contributed by atoms with E-state index < -0.39 is 0 Å². The van der Waals surface area contributed by atoms with Crippen LogP contribution in [0, 0.1) is 0 Å². The summed E-state index contributed by atoms with van der Waals surface area (Å²) >= 11 is 0. The maximum Gasteiger partial charge on any atom is 0.176 e. The van der Waals surface area contributed by atoms with E-state index in [2.05, 4.69) is 24.3 Å². The number of pyridine rings is 1. The van der Waals surface area contributed by atoms with E-state index in [1.807, 2.05) is 24.4 Å². The standard InChI is InChI=1S/C27H48NO4/c1-3-5-6-7-8-9-10-11-12-13-18-29-20-22-31-24-25-32-23-21-30-19-17-28-16-14-15-27(4-2)26-28/h4,14-16,26H,2-3,5-13,17-25H2,1H3/q+1. The number of hydrogen-bond donors (Lipinski definition) is 0. The summed E-state index contributed by atoms with van der Waals surface area (Å²) in [5, 5.41) is 0. The second-order valence-electron chi connectivity index (χ2n) is 8.21. The van der Waals surface area contributed by atoms with Crippen molar-refractivity contribution in [2.24, 2.45) is 0 Å². The second kappa shape index (κ2) is 22.9. The molecule has 0 amide bonds. The van der Waals surface area contributed by atoms with Gasteiger partial charge in [-0.3, -0.25) is 0 Å². The van der Waals surface area contributed by atoms with Crippen molar-refractivity contribution in [3.63, 3.8) is 0 Å². The number of aromatic nitrogens is 1. The third-order valence-electron chi connectivity index (χ3n) is 5.37. The Hall–Kier alpha value is -1.27. The molecule has 0 saturated heterocycles. The molecule has 0 N–H and O–H groups in total. The lowest BCUT2D eigenvalue weighted by Crippen LogP contribution is -2.35. The molecule has 0 bridgehead atoms. The molecule has 0 aromatic carbocycles. The predicted octanol–water partition coefficient (Wildman–Crippen LogP) is 5.60. The SMILES string of the molecule is C=Cc1ccc[n+](CCOCCOCCOCCOCCCCCCCCCCCC)c1. The van der Waals surface area contributed by atoms with E-state index in [0.717, 1.165) is 25.1 Å². The smallest absolute Gasteiger partial charge is 0.176 e. The van der Waals surface area contributed by atoms with Crippen molar-refractivity contribution in [3.05, 3.63) is 36.7 Å². The number of unbranched alkanes of at least 4 members (excludes halogenated alkanes) is 9. The first-order chi connectivity index (χ1) is 15.9. The van der Waals surface area contributed by atoms with E-state index in [9.17, 15) is 0 Å². The van der Waals surface area contributed by atoms with Crippen LogP contribution in [-0.4, -0.2) is 52.9 Å². The highest BCUT2D eigenvalue weighted by Crippen LogP contribution is 2.10. The van der Waals surface area contributed by atoms with Crippen LogP contribution in [0.2, 0.25) is 0 Å². The van der Waals surface area contributed by atoms with Gasteiger partial charge in [0, 0.05) is 18.2 Å². The fraction of sp³-hybridized carbons (Fsp3) is 0.741. The van der Waals surface area contributed by atoms with Gasteiger partial charge < -0.3 is 18.9 Å². The fourth-order valence-corrected chi connectivity index (χ4v) is 3.43. The average Bonchev–Trinajstić information content (AvgIpc) is 2.82. The Kier molecular flexibility index (Phi) is 20.6. The zero-order chi connectivity index (χ0) is 23.0. The first kappa shape index (κ1) is 28.8. The van der Waals surface area contributed by atoms with Crippen LogP contribution in [0.15, 0.2) is 31.1 Å². The molecular formula is C27H48NO4+. The molecule has 0 saturated carbocycles. The highest BCUT2D eigenvalue weighted by Gasteiger charge is 2.01. The minimum absolute atomic E-state index is 0.593. The van der Waals surface area contributed by atoms with E-state index in [1.165, 1.54) is 57.8 Å². The lowest BCUT2D eigenvalue weighted by molar-refractivity contribution is -0.698. The largest absolute Gasteiger partial charge is 0.379 e. The van der Waals surface area contributed by atoms with Crippen LogP contribution in [0.4, 0.5) is 0 Å². The first-order valence-corrected chi connectivity index (χ1v) is 12.8. The average molecular weight is 451 g/mol. The topological polar surface area (TPSA) is 40.8 Å². The number of nitrogens with zero attached hydrogens (tertiary/aromatic N) is 1.